The Morgan fingerprint density at radius 3 is 2.43 bits per heavy atom. The maximum atomic E-state index is 12.6. The molecule has 0 fully saturated rings. The van der Waals surface area contributed by atoms with E-state index in [0.29, 0.717) is 28.1 Å². The van der Waals surface area contributed by atoms with Crippen molar-refractivity contribution < 1.29 is 32.5 Å². The van der Waals surface area contributed by atoms with Crippen LogP contribution in [0, 0.1) is 0 Å². The molecule has 28 heavy (non-hydrogen) atoms. The average Bonchev–Trinajstić information content (AvgIpc) is 2.66. The number of methoxy groups -OCH3 is 2. The monoisotopic (exact) mass is 459 g/mol. The number of carbonyl (C=O) groups is 1. The summed E-state index contributed by atoms with van der Waals surface area (Å²) in [6, 6.07) is 7.31. The molecule has 2 aromatic carbocycles. The molecule has 1 N–H and O–H groups in total. The molecule has 0 aliphatic carbocycles. The molecular weight excluding hydrogens is 440 g/mol. The number of nitrogens with one attached hydrogen (secondary N) is 1. The molecule has 6 nitrogen and oxygen atoms in total. The molecule has 0 heterocycles. The van der Waals surface area contributed by atoms with Crippen LogP contribution >= 0.6 is 15.9 Å². The summed E-state index contributed by atoms with van der Waals surface area (Å²) < 4.78 is 46.0. The zero-order chi connectivity index (χ0) is 20.7. The third-order valence-corrected chi connectivity index (χ3v) is 4.17. The average molecular weight is 460 g/mol. The highest BCUT2D eigenvalue weighted by molar-refractivity contribution is 9.10. The molecule has 0 radical (unpaired) electrons. The molecule has 0 aliphatic heterocycles. The number of alkyl halides is 2. The molecule has 0 saturated carbocycles. The van der Waals surface area contributed by atoms with Gasteiger partial charge in [-0.1, -0.05) is 6.92 Å². The number of amides is 1. The van der Waals surface area contributed by atoms with Gasteiger partial charge in [0.1, 0.15) is 0 Å². The third kappa shape index (κ3) is 5.48. The van der Waals surface area contributed by atoms with Crippen LogP contribution in [0.25, 0.3) is 0 Å². The number of halogens is 3. The van der Waals surface area contributed by atoms with Crippen LogP contribution in [0.1, 0.15) is 23.7 Å². The predicted molar refractivity (Wildman–Crippen MR) is 104 cm³/mol. The van der Waals surface area contributed by atoms with Gasteiger partial charge < -0.3 is 24.3 Å². The molecule has 0 atom stereocenters. The Bertz CT molecular complexity index is 832. The van der Waals surface area contributed by atoms with Crippen molar-refractivity contribution in [2.45, 2.75) is 20.0 Å². The summed E-state index contributed by atoms with van der Waals surface area (Å²) >= 11 is 3.38. The number of anilines is 1. The van der Waals surface area contributed by atoms with Gasteiger partial charge in [-0.3, -0.25) is 4.79 Å². The smallest absolute Gasteiger partial charge is 0.387 e. The fourth-order valence-corrected chi connectivity index (χ4v) is 2.90. The second kappa shape index (κ2) is 10.1. The molecule has 0 saturated heterocycles. The van der Waals surface area contributed by atoms with Crippen LogP contribution in [0.15, 0.2) is 34.8 Å². The minimum atomic E-state index is -3.02. The minimum Gasteiger partial charge on any atom is -0.493 e. The van der Waals surface area contributed by atoms with E-state index in [9.17, 15) is 13.6 Å². The fourth-order valence-electron chi connectivity index (χ4n) is 2.34. The van der Waals surface area contributed by atoms with E-state index in [1.165, 1.54) is 38.5 Å². The first-order valence-corrected chi connectivity index (χ1v) is 9.13. The van der Waals surface area contributed by atoms with Gasteiger partial charge in [-0.15, -0.1) is 0 Å². The van der Waals surface area contributed by atoms with Crippen LogP contribution in [-0.2, 0) is 0 Å². The summed E-state index contributed by atoms with van der Waals surface area (Å²) in [5.41, 5.74) is 0.558. The van der Waals surface area contributed by atoms with Crippen LogP contribution in [0.5, 0.6) is 23.0 Å². The van der Waals surface area contributed by atoms with Gasteiger partial charge in [0.15, 0.2) is 23.0 Å². The van der Waals surface area contributed by atoms with Crippen LogP contribution in [0.4, 0.5) is 14.5 Å². The summed E-state index contributed by atoms with van der Waals surface area (Å²) in [6.45, 7) is -0.543. The minimum absolute atomic E-state index is 0.125. The van der Waals surface area contributed by atoms with Crippen molar-refractivity contribution in [2.24, 2.45) is 0 Å². The Morgan fingerprint density at radius 2 is 1.82 bits per heavy atom. The van der Waals surface area contributed by atoms with Gasteiger partial charge in [-0.05, 0) is 46.6 Å². The maximum Gasteiger partial charge on any atom is 0.387 e. The van der Waals surface area contributed by atoms with Crippen LogP contribution in [0.3, 0.4) is 0 Å². The van der Waals surface area contributed by atoms with E-state index < -0.39 is 12.5 Å². The van der Waals surface area contributed by atoms with Crippen molar-refractivity contribution in [1.29, 1.82) is 0 Å². The number of ether oxygens (including phenoxy) is 4. The second-order valence-corrected chi connectivity index (χ2v) is 6.39. The van der Waals surface area contributed by atoms with E-state index in [0.717, 1.165) is 6.42 Å². The lowest BCUT2D eigenvalue weighted by Crippen LogP contribution is -2.13. The van der Waals surface area contributed by atoms with Crippen molar-refractivity contribution >= 4 is 27.5 Å². The van der Waals surface area contributed by atoms with Gasteiger partial charge >= 0.3 is 6.61 Å². The Hall–Kier alpha value is -2.55. The first-order valence-electron chi connectivity index (χ1n) is 8.34. The Balaban J connectivity index is 2.26. The fraction of sp³-hybridized carbons (Fsp3) is 0.316. The maximum absolute atomic E-state index is 12.6. The Morgan fingerprint density at radius 1 is 1.11 bits per heavy atom. The van der Waals surface area contributed by atoms with Crippen molar-refractivity contribution in [3.8, 4) is 23.0 Å². The van der Waals surface area contributed by atoms with Crippen molar-refractivity contribution in [1.82, 2.24) is 0 Å². The highest BCUT2D eigenvalue weighted by Crippen LogP contribution is 2.37. The van der Waals surface area contributed by atoms with Crippen molar-refractivity contribution in [3.63, 3.8) is 0 Å². The second-order valence-electron chi connectivity index (χ2n) is 5.54. The highest BCUT2D eigenvalue weighted by Gasteiger charge is 2.17. The van der Waals surface area contributed by atoms with Crippen LogP contribution < -0.4 is 24.3 Å². The van der Waals surface area contributed by atoms with Gasteiger partial charge in [-0.2, -0.15) is 8.78 Å². The number of carbonyl (C=O) groups excluding carboxylic acids is 1. The summed E-state index contributed by atoms with van der Waals surface area (Å²) in [4.78, 5) is 12.6. The van der Waals surface area contributed by atoms with Gasteiger partial charge in [-0.25, -0.2) is 0 Å². The van der Waals surface area contributed by atoms with E-state index in [-0.39, 0.29) is 17.2 Å². The topological polar surface area (TPSA) is 66.0 Å². The normalized spacial score (nSPS) is 10.5. The summed E-state index contributed by atoms with van der Waals surface area (Å²) in [7, 11) is 2.80. The first kappa shape index (κ1) is 21.7. The molecular formula is C19H20BrF2NO5. The molecule has 9 heteroatoms. The molecule has 0 aliphatic rings. The SMILES string of the molecule is CCCOc1c(Br)cc(C(=O)Nc2ccc(OC)c(OC(F)F)c2)cc1OC. The molecule has 152 valence electrons. The summed E-state index contributed by atoms with van der Waals surface area (Å²) in [5, 5.41) is 2.63. The van der Waals surface area contributed by atoms with E-state index in [4.69, 9.17) is 14.2 Å². The Kier molecular flexibility index (Phi) is 7.86. The van der Waals surface area contributed by atoms with Gasteiger partial charge in [0, 0.05) is 17.3 Å². The molecule has 0 unspecified atom stereocenters. The largest absolute Gasteiger partial charge is 0.493 e. The third-order valence-electron chi connectivity index (χ3n) is 3.58. The summed E-state index contributed by atoms with van der Waals surface area (Å²) in [5.74, 6) is 0.370. The Labute approximate surface area is 169 Å². The zero-order valence-corrected chi connectivity index (χ0v) is 17.1. The highest BCUT2D eigenvalue weighted by atomic mass is 79.9. The number of benzene rings is 2. The van der Waals surface area contributed by atoms with Gasteiger partial charge in [0.05, 0.1) is 25.3 Å². The molecule has 0 spiro atoms. The first-order chi connectivity index (χ1) is 13.4. The lowest BCUT2D eigenvalue weighted by Gasteiger charge is -2.15. The number of rotatable bonds is 9. The molecule has 2 rings (SSSR count). The van der Waals surface area contributed by atoms with Gasteiger partial charge in [0.2, 0.25) is 0 Å². The number of hydrogen-bond donors (Lipinski definition) is 1. The van der Waals surface area contributed by atoms with Gasteiger partial charge in [0.25, 0.3) is 5.91 Å². The lowest BCUT2D eigenvalue weighted by atomic mass is 10.1. The molecule has 0 aromatic heterocycles. The molecule has 2 aromatic rings. The van der Waals surface area contributed by atoms with E-state index in [1.807, 2.05) is 6.92 Å². The predicted octanol–water partition coefficient (Wildman–Crippen LogP) is 5.11. The summed E-state index contributed by atoms with van der Waals surface area (Å²) in [6.07, 6.45) is 0.818. The zero-order valence-electron chi connectivity index (χ0n) is 15.6. The molecule has 0 bridgehead atoms. The lowest BCUT2D eigenvalue weighted by molar-refractivity contribution is -0.0511. The van der Waals surface area contributed by atoms with Crippen molar-refractivity contribution in [2.75, 3.05) is 26.1 Å². The van der Waals surface area contributed by atoms with Crippen LogP contribution in [-0.4, -0.2) is 33.3 Å². The standard InChI is InChI=1S/C19H20BrF2NO5/c1-4-7-27-17-13(20)8-11(9-16(17)26-3)18(24)23-12-5-6-14(25-2)15(10-12)28-19(21)22/h5-6,8-10,19H,4,7H2,1-3H3,(H,23,24). The van der Waals surface area contributed by atoms with E-state index in [2.05, 4.69) is 26.0 Å². The van der Waals surface area contributed by atoms with E-state index in [1.54, 1.807) is 6.07 Å². The molecule has 1 amide bonds. The van der Waals surface area contributed by atoms with Crippen LogP contribution in [0.2, 0.25) is 0 Å². The van der Waals surface area contributed by atoms with Crippen molar-refractivity contribution in [3.05, 3.63) is 40.4 Å². The quantitative estimate of drug-likeness (QED) is 0.564. The number of hydrogen-bond acceptors (Lipinski definition) is 5. The van der Waals surface area contributed by atoms with E-state index >= 15 is 0 Å².